The molecule has 10 N–H and O–H groups in total. The van der Waals surface area contributed by atoms with Gasteiger partial charge in [-0.25, -0.2) is 68.6 Å². The number of hydrogen-bond donors (Lipinski definition) is 10. The standard InChI is InChI=1S/2C19H19ClF4N6O.C19H20ClF3N6O.C15H13ClF3N7O.5H2/c1-9(2)18(3,17(31)28-8-19(22,23)24)30-16-13(21)7-27-15(29-16)12-6-26-14-11(12)4-10(20)5-25-14;1-9(2)14(18(31)28-8-19(22,23)24)30(3)17-13(21)7-27-16(29-17)12-6-26-15-11(12)4-10(20)5-25-15;1-10(2)15(18(30)27-9-19(21,22)23)29(3)14-4-5-24-17(28-14)13-8-26-16-12(13)6-11(20)7-25-16;1-7(13(27)22-5-15(17,18)19)25-14-24-6-23-12(26-14)10-4-21-11-9(10)2-8(16)3-20-11;;;;;/h4-7,9H,8H2,1-3H3,(H,25,26)(H,28,31)(H,27,29,30);4-7,9,14H,8H2,1-3H3,(H,25,26)(H,28,31);4-8,10,15H,9H2,1-3H3,(H,25,26)(H,27,30);2-4,6-7H,5H2,1H3,(H,20,21)(H,22,27)(H,23,24,25,26);5*1H/t18-;14-;15-;7-;;;;;/m0111...../s1. The van der Waals surface area contributed by atoms with Crippen LogP contribution in [0, 0.1) is 29.4 Å². The molecule has 119 heavy (non-hydrogen) atoms. The fourth-order valence-electron chi connectivity index (χ4n) is 11.5. The molecule has 12 aromatic heterocycles. The van der Waals surface area contributed by atoms with Crippen LogP contribution >= 0.6 is 46.4 Å². The largest absolute Gasteiger partial charge is 0.405 e. The second-order valence-corrected chi connectivity index (χ2v) is 29.1. The number of likely N-dealkylation sites (N-methyl/N-ethyl adjacent to an activating group) is 2. The number of alkyl halides is 12. The molecule has 0 aliphatic carbocycles. The number of nitrogens with one attached hydrogen (secondary N) is 10. The first-order valence-corrected chi connectivity index (χ1v) is 36.7. The Bertz CT molecular complexity index is 5620. The van der Waals surface area contributed by atoms with Crippen molar-refractivity contribution in [2.24, 2.45) is 17.8 Å². The fourth-order valence-corrected chi connectivity index (χ4v) is 12.2. The summed E-state index contributed by atoms with van der Waals surface area (Å²) in [6.45, 7) is 7.01. The Hall–Kier alpha value is -11.7. The summed E-state index contributed by atoms with van der Waals surface area (Å²) < 4.78 is 178. The number of pyridine rings is 4. The Labute approximate surface area is 692 Å². The van der Waals surface area contributed by atoms with Gasteiger partial charge in [-0.3, -0.25) is 19.2 Å². The van der Waals surface area contributed by atoms with Gasteiger partial charge < -0.3 is 61.6 Å². The highest BCUT2D eigenvalue weighted by atomic mass is 35.5. The number of aromatic amines is 4. The van der Waals surface area contributed by atoms with E-state index in [-0.39, 0.29) is 48.1 Å². The summed E-state index contributed by atoms with van der Waals surface area (Å²) in [5, 5.41) is 17.0. The maximum atomic E-state index is 14.6. The third-order valence-electron chi connectivity index (χ3n) is 17.5. The van der Waals surface area contributed by atoms with E-state index in [4.69, 9.17) is 46.4 Å². The molecule has 12 rings (SSSR count). The van der Waals surface area contributed by atoms with Gasteiger partial charge in [0.1, 0.15) is 84.6 Å². The van der Waals surface area contributed by atoms with Gasteiger partial charge in [0.05, 0.1) is 32.5 Å². The van der Waals surface area contributed by atoms with Crippen molar-refractivity contribution in [3.8, 4) is 45.6 Å². The molecule has 4 atom stereocenters. The van der Waals surface area contributed by atoms with Gasteiger partial charge in [0.25, 0.3) is 0 Å². The lowest BCUT2D eigenvalue weighted by molar-refractivity contribution is -0.141. The molecule has 0 radical (unpaired) electrons. The summed E-state index contributed by atoms with van der Waals surface area (Å²) in [5.74, 6) is -5.51. The second kappa shape index (κ2) is 37.9. The topological polar surface area (TPSA) is 378 Å². The molecule has 0 fully saturated rings. The summed E-state index contributed by atoms with van der Waals surface area (Å²) >= 11 is 24.0. The van der Waals surface area contributed by atoms with Crippen LogP contribution in [-0.2, 0) is 19.2 Å². The molecule has 0 aromatic carbocycles. The van der Waals surface area contributed by atoms with Crippen molar-refractivity contribution in [1.29, 1.82) is 0 Å². The SMILES string of the molecule is CC(C)[C@H](C(=O)NCC(F)(F)F)N(C)c1ccnc(-c2c[nH]c3ncc(Cl)cc23)n1.CC(C)[C@H](C(=O)NCC(F)(F)F)N(C)c1nc(-c2c[nH]c3ncc(Cl)cc23)ncc1F.CC(C)[C@](C)(Nc1nc(-c2c[nH]c3ncc(Cl)cc23)ncc1F)C(=O)NCC(F)(F)F.C[C@@H](Nc1ncnc(-c2c[nH]c3ncc(Cl)cc23)n1)C(=O)NCC(F)(F)F.[HH].[HH].[HH].[HH].[HH]. The number of aromatic nitrogens is 17. The van der Waals surface area contributed by atoms with E-state index in [0.717, 1.165) is 17.8 Å². The predicted octanol–water partition coefficient (Wildman–Crippen LogP) is 15.9. The third-order valence-corrected chi connectivity index (χ3v) is 18.4. The van der Waals surface area contributed by atoms with Crippen LogP contribution in [0.5, 0.6) is 0 Å². The molecule has 0 saturated carbocycles. The number of halogens is 18. The molecule has 12 heterocycles. The van der Waals surface area contributed by atoms with E-state index in [1.165, 1.54) is 63.1 Å². The molecule has 12 aromatic rings. The smallest absolute Gasteiger partial charge is 0.353 e. The molecule has 0 aliphatic rings. The van der Waals surface area contributed by atoms with Gasteiger partial charge >= 0.3 is 24.7 Å². The Morgan fingerprint density at radius 2 is 0.824 bits per heavy atom. The summed E-state index contributed by atoms with van der Waals surface area (Å²) in [6, 6.07) is 5.37. The minimum Gasteiger partial charge on any atom is -0.353 e. The lowest BCUT2D eigenvalue weighted by Gasteiger charge is -2.34. The van der Waals surface area contributed by atoms with Crippen molar-refractivity contribution in [3.05, 3.63) is 137 Å². The van der Waals surface area contributed by atoms with Gasteiger partial charge in [0, 0.05) is 121 Å². The van der Waals surface area contributed by atoms with Gasteiger partial charge in [0.15, 0.2) is 46.6 Å². The van der Waals surface area contributed by atoms with E-state index >= 15 is 0 Å². The Kier molecular flexibility index (Phi) is 29.0. The summed E-state index contributed by atoms with van der Waals surface area (Å²) in [4.78, 5) is 118. The van der Waals surface area contributed by atoms with Crippen molar-refractivity contribution in [2.75, 3.05) is 60.7 Å². The molecule has 4 amide bonds. The van der Waals surface area contributed by atoms with Gasteiger partial charge in [-0.05, 0) is 61.9 Å². The quantitative estimate of drug-likeness (QED) is 0.0266. The summed E-state index contributed by atoms with van der Waals surface area (Å²) in [7, 11) is 3.00. The van der Waals surface area contributed by atoms with Gasteiger partial charge in [-0.2, -0.15) is 57.7 Å². The minimum atomic E-state index is -4.58. The number of anilines is 4. The monoisotopic (exact) mass is 1770 g/mol. The zero-order chi connectivity index (χ0) is 87.6. The number of nitrogens with zero attached hydrogens (tertiary/aromatic N) is 15. The molecule has 29 nitrogen and oxygen atoms in total. The van der Waals surface area contributed by atoms with E-state index in [9.17, 15) is 80.6 Å². The van der Waals surface area contributed by atoms with E-state index in [0.29, 0.717) is 92.7 Å². The highest BCUT2D eigenvalue weighted by molar-refractivity contribution is 6.32. The van der Waals surface area contributed by atoms with Crippen LogP contribution in [0.3, 0.4) is 0 Å². The van der Waals surface area contributed by atoms with Crippen LogP contribution in [0.1, 0.15) is 62.5 Å². The first kappa shape index (κ1) is 91.2. The molecule has 47 heteroatoms. The predicted molar refractivity (Wildman–Crippen MR) is 427 cm³/mol. The van der Waals surface area contributed by atoms with E-state index in [1.807, 2.05) is 16.0 Å². The number of carbonyl (C=O) groups is 4. The maximum absolute atomic E-state index is 14.6. The number of H-pyrrole nitrogens is 4. The number of rotatable bonds is 23. The van der Waals surface area contributed by atoms with Crippen LogP contribution in [0.25, 0.3) is 89.7 Å². The van der Waals surface area contributed by atoms with Crippen LogP contribution in [-0.4, -0.2) is 197 Å². The third kappa shape index (κ3) is 24.0. The van der Waals surface area contributed by atoms with Gasteiger partial charge in [-0.1, -0.05) is 87.9 Å². The molecule has 0 saturated heterocycles. The molecule has 0 bridgehead atoms. The molecule has 644 valence electrons. The van der Waals surface area contributed by atoms with Crippen LogP contribution < -0.4 is 41.7 Å². The van der Waals surface area contributed by atoms with Gasteiger partial charge in [-0.15, -0.1) is 0 Å². The normalized spacial score (nSPS) is 13.2. The molecular formula is C72H81Cl4F14N25O4. The Morgan fingerprint density at radius 1 is 0.454 bits per heavy atom. The van der Waals surface area contributed by atoms with Crippen LogP contribution in [0.4, 0.5) is 84.9 Å². The Morgan fingerprint density at radius 3 is 1.23 bits per heavy atom. The minimum absolute atomic E-state index is 0. The fraction of sp³-hybridized carbons (Fsp3) is 0.347. The molecule has 0 spiro atoms. The molecule has 0 aliphatic heterocycles. The van der Waals surface area contributed by atoms with Crippen molar-refractivity contribution in [3.63, 3.8) is 0 Å². The van der Waals surface area contributed by atoms with Gasteiger partial charge in [0.2, 0.25) is 29.6 Å². The lowest BCUT2D eigenvalue weighted by Crippen LogP contribution is -2.55. The highest BCUT2D eigenvalue weighted by Crippen LogP contribution is 2.35. The van der Waals surface area contributed by atoms with E-state index in [2.05, 4.69) is 95.4 Å². The average Bonchev–Trinajstić information content (AvgIpc) is 1.57. The van der Waals surface area contributed by atoms with E-state index in [1.54, 1.807) is 114 Å². The molecule has 0 unspecified atom stereocenters. The van der Waals surface area contributed by atoms with Crippen molar-refractivity contribution in [1.82, 2.24) is 106 Å². The summed E-state index contributed by atoms with van der Waals surface area (Å²) in [6.07, 6.45) is -1.09. The lowest BCUT2D eigenvalue weighted by atomic mass is 9.87. The Balaban J connectivity index is 0.000000343. The second-order valence-electron chi connectivity index (χ2n) is 27.4. The van der Waals surface area contributed by atoms with Crippen molar-refractivity contribution >= 4 is 138 Å². The number of hydrogen-bond acceptors (Lipinski definition) is 21. The zero-order valence-corrected chi connectivity index (χ0v) is 66.8. The first-order valence-electron chi connectivity index (χ1n) is 35.2. The van der Waals surface area contributed by atoms with Crippen LogP contribution in [0.15, 0.2) is 105 Å². The average molecular weight is 1770 g/mol. The first-order chi connectivity index (χ1) is 55.7. The van der Waals surface area contributed by atoms with Crippen molar-refractivity contribution < 1.29 is 87.8 Å². The summed E-state index contributed by atoms with van der Waals surface area (Å²) in [5.41, 5.74) is 2.92. The van der Waals surface area contributed by atoms with Crippen molar-refractivity contribution in [2.45, 2.75) is 104 Å². The zero-order valence-electron chi connectivity index (χ0n) is 63.8. The molecular weight excluding hydrogens is 1690 g/mol. The highest BCUT2D eigenvalue weighted by Gasteiger charge is 2.41. The number of fused-ring (bicyclic) bond motifs is 4. The van der Waals surface area contributed by atoms with Crippen LogP contribution in [0.2, 0.25) is 20.1 Å². The number of carbonyl (C=O) groups excluding carboxylic acids is 4. The van der Waals surface area contributed by atoms with E-state index < -0.39 is 122 Å². The maximum Gasteiger partial charge on any atom is 0.405 e. The number of amides is 4.